The number of rotatable bonds is 9. The first-order valence-corrected chi connectivity index (χ1v) is 11.5. The fourth-order valence-corrected chi connectivity index (χ4v) is 3.78. The number of carbonyl (C=O) groups excluding carboxylic acids is 1. The summed E-state index contributed by atoms with van der Waals surface area (Å²) in [6, 6.07) is 11.9. The van der Waals surface area contributed by atoms with Crippen molar-refractivity contribution >= 4 is 31.6 Å². The van der Waals surface area contributed by atoms with E-state index in [1.54, 1.807) is 24.3 Å². The predicted molar refractivity (Wildman–Crippen MR) is 105 cm³/mol. The summed E-state index contributed by atoms with van der Waals surface area (Å²) in [5.74, 6) is -0.0679. The van der Waals surface area contributed by atoms with Gasteiger partial charge in [0.2, 0.25) is 10.0 Å². The van der Waals surface area contributed by atoms with Crippen LogP contribution in [-0.2, 0) is 20.0 Å². The van der Waals surface area contributed by atoms with Gasteiger partial charge in [-0.05, 0) is 36.4 Å². The molecule has 2 aromatic carbocycles. The predicted octanol–water partition coefficient (Wildman–Crippen LogP) is 0.775. The van der Waals surface area contributed by atoms with Gasteiger partial charge in [-0.3, -0.25) is 9.52 Å². The average Bonchev–Trinajstić information content (AvgIpc) is 2.64. The second-order valence-corrected chi connectivity index (χ2v) is 9.27. The van der Waals surface area contributed by atoms with E-state index in [2.05, 4.69) is 14.8 Å². The molecule has 0 aromatic heterocycles. The van der Waals surface area contributed by atoms with Gasteiger partial charge in [0.1, 0.15) is 5.75 Å². The summed E-state index contributed by atoms with van der Waals surface area (Å²) >= 11 is 0. The molecule has 0 aliphatic heterocycles. The van der Waals surface area contributed by atoms with Gasteiger partial charge in [-0.25, -0.2) is 21.6 Å². The Morgan fingerprint density at radius 2 is 1.61 bits per heavy atom. The molecule has 28 heavy (non-hydrogen) atoms. The molecule has 0 aliphatic carbocycles. The van der Waals surface area contributed by atoms with Crippen LogP contribution in [-0.4, -0.2) is 49.2 Å². The Balaban J connectivity index is 2.03. The van der Waals surface area contributed by atoms with E-state index in [1.165, 1.54) is 31.4 Å². The highest BCUT2D eigenvalue weighted by atomic mass is 32.2. The van der Waals surface area contributed by atoms with Gasteiger partial charge in [-0.1, -0.05) is 12.1 Å². The molecule has 0 saturated carbocycles. The van der Waals surface area contributed by atoms with Gasteiger partial charge in [0, 0.05) is 18.7 Å². The van der Waals surface area contributed by atoms with Crippen molar-refractivity contribution in [2.75, 3.05) is 31.2 Å². The Labute approximate surface area is 164 Å². The monoisotopic (exact) mass is 427 g/mol. The number of carbonyl (C=O) groups is 1. The number of benzene rings is 2. The smallest absolute Gasteiger partial charge is 0.262 e. The van der Waals surface area contributed by atoms with Crippen LogP contribution >= 0.6 is 0 Å². The highest BCUT2D eigenvalue weighted by Crippen LogP contribution is 2.26. The van der Waals surface area contributed by atoms with E-state index >= 15 is 0 Å². The van der Waals surface area contributed by atoms with E-state index in [9.17, 15) is 21.6 Å². The molecule has 0 bridgehead atoms. The quantitative estimate of drug-likeness (QED) is 0.507. The summed E-state index contributed by atoms with van der Waals surface area (Å²) in [4.78, 5) is 12.0. The lowest BCUT2D eigenvalue weighted by Crippen LogP contribution is -2.34. The van der Waals surface area contributed by atoms with Crippen LogP contribution in [0.5, 0.6) is 5.75 Å². The van der Waals surface area contributed by atoms with Gasteiger partial charge in [0.15, 0.2) is 0 Å². The first-order chi connectivity index (χ1) is 13.1. The molecular formula is C17H21N3O6S2. The lowest BCUT2D eigenvalue weighted by Gasteiger charge is -2.12. The Bertz CT molecular complexity index is 1030. The summed E-state index contributed by atoms with van der Waals surface area (Å²) in [6.07, 6.45) is 1.02. The summed E-state index contributed by atoms with van der Waals surface area (Å²) in [5.41, 5.74) is 0.542. The van der Waals surface area contributed by atoms with E-state index in [1.807, 2.05) is 0 Å². The molecule has 0 spiro atoms. The fraction of sp³-hybridized carbons (Fsp3) is 0.235. The molecule has 0 radical (unpaired) electrons. The van der Waals surface area contributed by atoms with Crippen molar-refractivity contribution in [1.29, 1.82) is 0 Å². The Kier molecular flexibility index (Phi) is 7.00. The van der Waals surface area contributed by atoms with Crippen LogP contribution in [0.4, 0.5) is 5.69 Å². The maximum absolute atomic E-state index is 12.5. The zero-order chi connectivity index (χ0) is 20.8. The zero-order valence-electron chi connectivity index (χ0n) is 15.3. The Morgan fingerprint density at radius 3 is 2.21 bits per heavy atom. The molecule has 0 atom stereocenters. The van der Waals surface area contributed by atoms with Gasteiger partial charge in [-0.15, -0.1) is 0 Å². The maximum atomic E-state index is 12.5. The number of hydrogen-bond acceptors (Lipinski definition) is 6. The largest absolute Gasteiger partial charge is 0.495 e. The van der Waals surface area contributed by atoms with E-state index in [-0.39, 0.29) is 23.5 Å². The molecule has 0 saturated heterocycles. The first kappa shape index (κ1) is 21.7. The van der Waals surface area contributed by atoms with Crippen molar-refractivity contribution < 1.29 is 26.4 Å². The number of ether oxygens (including phenoxy) is 1. The maximum Gasteiger partial charge on any atom is 0.262 e. The molecule has 11 heteroatoms. The van der Waals surface area contributed by atoms with Crippen LogP contribution in [0.3, 0.4) is 0 Å². The van der Waals surface area contributed by atoms with E-state index in [0.29, 0.717) is 11.4 Å². The molecule has 0 unspecified atom stereocenters. The van der Waals surface area contributed by atoms with Gasteiger partial charge in [-0.2, -0.15) is 0 Å². The summed E-state index contributed by atoms with van der Waals surface area (Å²) in [7, 11) is -5.75. The van der Waals surface area contributed by atoms with Crippen molar-refractivity contribution in [3.8, 4) is 5.75 Å². The molecule has 3 N–H and O–H groups in total. The van der Waals surface area contributed by atoms with Crippen molar-refractivity contribution in [3.63, 3.8) is 0 Å². The summed E-state index contributed by atoms with van der Waals surface area (Å²) in [5, 5.41) is 2.54. The second kappa shape index (κ2) is 9.04. The van der Waals surface area contributed by atoms with Crippen molar-refractivity contribution in [3.05, 3.63) is 54.1 Å². The standard InChI is InChI=1S/C17H21N3O6S2/c1-26-16-6-4-3-5-15(16)20-28(24,25)14-9-7-13(8-10-14)17(21)18-11-12-19-27(2,22)23/h3-10,19-20H,11-12H2,1-2H3,(H,18,21). The van der Waals surface area contributed by atoms with Gasteiger partial charge in [0.25, 0.3) is 15.9 Å². The molecule has 2 rings (SSSR count). The van der Waals surface area contributed by atoms with Gasteiger partial charge < -0.3 is 10.1 Å². The normalized spacial score (nSPS) is 11.6. The highest BCUT2D eigenvalue weighted by molar-refractivity contribution is 7.92. The van der Waals surface area contributed by atoms with Crippen LogP contribution in [0.1, 0.15) is 10.4 Å². The Hall–Kier alpha value is -2.63. The van der Waals surface area contributed by atoms with Crippen molar-refractivity contribution in [2.45, 2.75) is 4.90 Å². The topological polar surface area (TPSA) is 131 Å². The lowest BCUT2D eigenvalue weighted by atomic mass is 10.2. The molecule has 9 nitrogen and oxygen atoms in total. The van der Waals surface area contributed by atoms with Crippen LogP contribution in [0.15, 0.2) is 53.4 Å². The molecule has 152 valence electrons. The minimum atomic E-state index is -3.86. The molecular weight excluding hydrogens is 406 g/mol. The summed E-state index contributed by atoms with van der Waals surface area (Å²) < 4.78 is 56.8. The number of anilines is 1. The number of hydrogen-bond donors (Lipinski definition) is 3. The molecule has 0 fully saturated rings. The number of methoxy groups -OCH3 is 1. The lowest BCUT2D eigenvalue weighted by molar-refractivity contribution is 0.0954. The van der Waals surface area contributed by atoms with E-state index in [0.717, 1.165) is 6.26 Å². The first-order valence-electron chi connectivity index (χ1n) is 8.11. The third-order valence-electron chi connectivity index (χ3n) is 3.55. The highest BCUT2D eigenvalue weighted by Gasteiger charge is 2.17. The van der Waals surface area contributed by atoms with Crippen LogP contribution in [0, 0.1) is 0 Å². The second-order valence-electron chi connectivity index (χ2n) is 5.75. The minimum absolute atomic E-state index is 0.0197. The minimum Gasteiger partial charge on any atom is -0.495 e. The molecule has 2 aromatic rings. The van der Waals surface area contributed by atoms with Gasteiger partial charge >= 0.3 is 0 Å². The van der Waals surface area contributed by atoms with Gasteiger partial charge in [0.05, 0.1) is 23.9 Å². The zero-order valence-corrected chi connectivity index (χ0v) is 16.9. The Morgan fingerprint density at radius 1 is 0.964 bits per heavy atom. The number of sulfonamides is 2. The number of para-hydroxylation sites is 2. The van der Waals surface area contributed by atoms with Crippen LogP contribution < -0.4 is 19.5 Å². The van der Waals surface area contributed by atoms with Crippen LogP contribution in [0.2, 0.25) is 0 Å². The summed E-state index contributed by atoms with van der Waals surface area (Å²) in [6.45, 7) is 0.154. The van der Waals surface area contributed by atoms with Crippen molar-refractivity contribution in [1.82, 2.24) is 10.0 Å². The third kappa shape index (κ3) is 6.22. The van der Waals surface area contributed by atoms with Crippen LogP contribution in [0.25, 0.3) is 0 Å². The number of nitrogens with one attached hydrogen (secondary N) is 3. The fourth-order valence-electron chi connectivity index (χ4n) is 2.23. The molecule has 0 aliphatic rings. The molecule has 1 amide bonds. The third-order valence-corrected chi connectivity index (χ3v) is 5.66. The van der Waals surface area contributed by atoms with E-state index in [4.69, 9.17) is 4.74 Å². The average molecular weight is 428 g/mol. The SMILES string of the molecule is COc1ccccc1NS(=O)(=O)c1ccc(C(=O)NCCNS(C)(=O)=O)cc1. The van der Waals surface area contributed by atoms with E-state index < -0.39 is 26.0 Å². The van der Waals surface area contributed by atoms with Crippen molar-refractivity contribution in [2.24, 2.45) is 0 Å². The number of amides is 1. The molecule has 0 heterocycles.